The van der Waals surface area contributed by atoms with Gasteiger partial charge in [-0.15, -0.1) is 0 Å². The van der Waals surface area contributed by atoms with E-state index < -0.39 is 0 Å². The van der Waals surface area contributed by atoms with Gasteiger partial charge in [0.05, 0.1) is 16.9 Å². The second-order valence-electron chi connectivity index (χ2n) is 15.4. The summed E-state index contributed by atoms with van der Waals surface area (Å²) in [5.41, 5.74) is 17.4. The fourth-order valence-electron chi connectivity index (χ4n) is 8.96. The van der Waals surface area contributed by atoms with Crippen LogP contribution in [0.5, 0.6) is 0 Å². The number of pyridine rings is 1. The molecule has 0 bridgehead atoms. The summed E-state index contributed by atoms with van der Waals surface area (Å²) in [6.45, 7) is 7.08. The van der Waals surface area contributed by atoms with Crippen molar-refractivity contribution in [2.24, 2.45) is 0 Å². The molecule has 1 atom stereocenters. The topological polar surface area (TPSA) is 34.2 Å². The van der Waals surface area contributed by atoms with E-state index in [2.05, 4.69) is 179 Å². The molecule has 2 aliphatic rings. The molecule has 59 heavy (non-hydrogen) atoms. The van der Waals surface area contributed by atoms with Gasteiger partial charge in [0.25, 0.3) is 0 Å². The minimum absolute atomic E-state index is 0. The van der Waals surface area contributed by atoms with Crippen LogP contribution in [0.4, 0.5) is 11.4 Å². The Morgan fingerprint density at radius 3 is 2.32 bits per heavy atom. The number of aromatic nitrogens is 2. The lowest BCUT2D eigenvalue weighted by atomic mass is 9.91. The highest BCUT2D eigenvalue weighted by molar-refractivity contribution is 7.59. The Morgan fingerprint density at radius 2 is 1.42 bits per heavy atom. The second-order valence-corrected chi connectivity index (χ2v) is 15.4. The number of para-hydroxylation sites is 2. The van der Waals surface area contributed by atoms with Gasteiger partial charge in [-0.05, 0) is 137 Å². The van der Waals surface area contributed by atoms with Crippen molar-refractivity contribution < 1.29 is 4.42 Å². The molecule has 0 saturated carbocycles. The number of rotatable bonds is 5. The van der Waals surface area contributed by atoms with Crippen LogP contribution in [0, 0.1) is 0 Å². The van der Waals surface area contributed by atoms with Crippen molar-refractivity contribution in [3.8, 4) is 28.1 Å². The molecule has 3 aromatic heterocycles. The Hall–Kier alpha value is -7.08. The van der Waals surface area contributed by atoms with Crippen LogP contribution in [-0.2, 0) is 0 Å². The number of furan rings is 1. The maximum atomic E-state index is 6.25. The Balaban J connectivity index is 0.00000420. The summed E-state index contributed by atoms with van der Waals surface area (Å²) in [5, 5.41) is 3.51. The molecule has 4 heterocycles. The maximum absolute atomic E-state index is 6.25. The molecular weight excluding hydrogens is 739 g/mol. The van der Waals surface area contributed by atoms with Crippen molar-refractivity contribution in [1.82, 2.24) is 9.55 Å². The van der Waals surface area contributed by atoms with E-state index >= 15 is 0 Å². The highest BCUT2D eigenvalue weighted by Crippen LogP contribution is 2.43. The Labute approximate surface area is 350 Å². The van der Waals surface area contributed by atoms with E-state index in [-0.39, 0.29) is 13.5 Å². The van der Waals surface area contributed by atoms with Crippen LogP contribution in [0.2, 0.25) is 0 Å². The maximum Gasteiger partial charge on any atom is 0.135 e. The molecule has 1 aliphatic carbocycles. The number of allylic oxidation sites excluding steroid dienone is 5. The normalized spacial score (nSPS) is 16.2. The monoisotopic (exact) mass is 779 g/mol. The molecule has 0 N–H and O–H groups in total. The van der Waals surface area contributed by atoms with E-state index in [0.717, 1.165) is 90.1 Å². The third-order valence-electron chi connectivity index (χ3n) is 11.8. The van der Waals surface area contributed by atoms with Crippen molar-refractivity contribution in [3.05, 3.63) is 211 Å². The number of benzene rings is 6. The SMILES string of the molecule is C=C1/C=C(c2cccc(-n3c4c(c5ccccc53)C(C)CC=C4)c2)\C=C/N(c2ccc3oc4ccccc4c3c2)c2ccc(-c3cccc(-c4ccccn4)c3)cc21.S. The third-order valence-corrected chi connectivity index (χ3v) is 11.8. The average molecular weight is 780 g/mol. The van der Waals surface area contributed by atoms with E-state index in [0.29, 0.717) is 5.92 Å². The smallest absolute Gasteiger partial charge is 0.135 e. The van der Waals surface area contributed by atoms with Crippen LogP contribution >= 0.6 is 13.5 Å². The lowest BCUT2D eigenvalue weighted by Gasteiger charge is -2.27. The predicted molar refractivity (Wildman–Crippen MR) is 253 cm³/mol. The molecule has 1 aliphatic heterocycles. The molecule has 0 saturated heterocycles. The minimum atomic E-state index is 0. The fourth-order valence-corrected chi connectivity index (χ4v) is 8.96. The van der Waals surface area contributed by atoms with Gasteiger partial charge in [-0.2, -0.15) is 13.5 Å². The Bertz CT molecular complexity index is 3200. The summed E-state index contributed by atoms with van der Waals surface area (Å²) in [6, 6.07) is 53.8. The first-order valence-electron chi connectivity index (χ1n) is 19.9. The number of anilines is 2. The standard InChI is InChI=1S/C54H39N3O.H2S/c1-35-12-9-21-51-54(35)45-18-3-5-20-50(45)57(51)43-16-11-14-38(32-43)40-27-29-56(42-24-26-53-47(34-42)44-17-4-6-22-52(44)58-53)49-25-23-39(33-46(49)36(2)30-40)37-13-10-15-41(31-37)48-19-7-8-28-55-48;/h3-11,13-35H,2,12H2,1H3;1H2/b29-27-,40-30+;. The fraction of sp³-hybridized carbons (Fsp3) is 0.0556. The van der Waals surface area contributed by atoms with E-state index in [1.807, 2.05) is 30.5 Å². The zero-order valence-electron chi connectivity index (χ0n) is 32.6. The summed E-state index contributed by atoms with van der Waals surface area (Å²) in [5.74, 6) is 0.460. The van der Waals surface area contributed by atoms with E-state index in [1.54, 1.807) is 0 Å². The molecular formula is C54H41N3OS. The van der Waals surface area contributed by atoms with Crippen LogP contribution in [0.1, 0.15) is 41.6 Å². The second kappa shape index (κ2) is 14.7. The molecule has 0 spiro atoms. The van der Waals surface area contributed by atoms with Crippen LogP contribution in [0.15, 0.2) is 193 Å². The highest BCUT2D eigenvalue weighted by atomic mass is 32.1. The molecule has 0 fully saturated rings. The zero-order chi connectivity index (χ0) is 38.7. The molecule has 11 rings (SSSR count). The van der Waals surface area contributed by atoms with Gasteiger partial charge in [0.2, 0.25) is 0 Å². The van der Waals surface area contributed by atoms with Crippen molar-refractivity contribution in [3.63, 3.8) is 0 Å². The molecule has 284 valence electrons. The molecule has 0 radical (unpaired) electrons. The van der Waals surface area contributed by atoms with Crippen LogP contribution < -0.4 is 4.90 Å². The number of nitrogens with zero attached hydrogens (tertiary/aromatic N) is 3. The van der Waals surface area contributed by atoms with Crippen molar-refractivity contribution in [2.45, 2.75) is 19.3 Å². The summed E-state index contributed by atoms with van der Waals surface area (Å²) in [7, 11) is 0. The van der Waals surface area contributed by atoms with E-state index in [1.165, 1.54) is 22.2 Å². The van der Waals surface area contributed by atoms with Gasteiger partial charge < -0.3 is 13.9 Å². The first-order valence-corrected chi connectivity index (χ1v) is 19.9. The van der Waals surface area contributed by atoms with Crippen molar-refractivity contribution in [2.75, 3.05) is 4.90 Å². The van der Waals surface area contributed by atoms with E-state index in [9.17, 15) is 0 Å². The first kappa shape index (κ1) is 36.3. The van der Waals surface area contributed by atoms with Crippen LogP contribution in [0.25, 0.3) is 78.1 Å². The molecule has 5 heteroatoms. The molecule has 4 nitrogen and oxygen atoms in total. The van der Waals surface area contributed by atoms with E-state index in [4.69, 9.17) is 11.0 Å². The summed E-state index contributed by atoms with van der Waals surface area (Å²) < 4.78 is 8.68. The quantitative estimate of drug-likeness (QED) is 0.174. The summed E-state index contributed by atoms with van der Waals surface area (Å²) in [6.07, 6.45) is 14.2. The minimum Gasteiger partial charge on any atom is -0.456 e. The Kier molecular flexibility index (Phi) is 9.04. The van der Waals surface area contributed by atoms with Gasteiger partial charge in [0, 0.05) is 56.8 Å². The lowest BCUT2D eigenvalue weighted by molar-refractivity contribution is 0.669. The van der Waals surface area contributed by atoms with Gasteiger partial charge in [-0.3, -0.25) is 4.98 Å². The van der Waals surface area contributed by atoms with Gasteiger partial charge in [0.15, 0.2) is 0 Å². The molecule has 9 aromatic rings. The lowest BCUT2D eigenvalue weighted by Crippen LogP contribution is -2.12. The van der Waals surface area contributed by atoms with Crippen LogP contribution in [0.3, 0.4) is 0 Å². The molecule has 1 unspecified atom stereocenters. The third kappa shape index (κ3) is 6.22. The number of fused-ring (bicyclic) bond motifs is 7. The van der Waals surface area contributed by atoms with Crippen LogP contribution in [-0.4, -0.2) is 9.55 Å². The average Bonchev–Trinajstić information content (AvgIpc) is 3.82. The molecule has 0 amide bonds. The Morgan fingerprint density at radius 1 is 0.644 bits per heavy atom. The largest absolute Gasteiger partial charge is 0.456 e. The first-order chi connectivity index (χ1) is 28.6. The van der Waals surface area contributed by atoms with Crippen molar-refractivity contribution >= 4 is 74.9 Å². The van der Waals surface area contributed by atoms with Gasteiger partial charge in [-0.25, -0.2) is 0 Å². The number of hydrogen-bond donors (Lipinski definition) is 0. The van der Waals surface area contributed by atoms with Gasteiger partial charge in [0.1, 0.15) is 11.2 Å². The van der Waals surface area contributed by atoms with Gasteiger partial charge >= 0.3 is 0 Å². The highest BCUT2D eigenvalue weighted by Gasteiger charge is 2.24. The predicted octanol–water partition coefficient (Wildman–Crippen LogP) is 14.7. The summed E-state index contributed by atoms with van der Waals surface area (Å²) in [4.78, 5) is 6.91. The number of hydrogen-bond acceptors (Lipinski definition) is 3. The summed E-state index contributed by atoms with van der Waals surface area (Å²) >= 11 is 0. The van der Waals surface area contributed by atoms with Gasteiger partial charge in [-0.1, -0.05) is 98.4 Å². The van der Waals surface area contributed by atoms with Crippen molar-refractivity contribution in [1.29, 1.82) is 0 Å². The zero-order valence-corrected chi connectivity index (χ0v) is 33.6. The molecule has 6 aromatic carbocycles.